The minimum atomic E-state index is -0.766. The first-order valence-electron chi connectivity index (χ1n) is 14.8. The van der Waals surface area contributed by atoms with E-state index in [4.69, 9.17) is 14.2 Å². The van der Waals surface area contributed by atoms with E-state index in [1.807, 2.05) is 7.11 Å². The molecule has 8 rings (SSSR count). The van der Waals surface area contributed by atoms with Gasteiger partial charge in [0.1, 0.15) is 11.7 Å². The Labute approximate surface area is 216 Å². The smallest absolute Gasteiger partial charge is 0.165 e. The zero-order chi connectivity index (χ0) is 24.9. The summed E-state index contributed by atoms with van der Waals surface area (Å²) in [6, 6.07) is 4.97. The number of rotatable bonds is 9. The van der Waals surface area contributed by atoms with E-state index in [1.54, 1.807) is 7.11 Å². The van der Waals surface area contributed by atoms with E-state index in [0.29, 0.717) is 6.04 Å². The molecular weight excluding hydrogens is 450 g/mol. The van der Waals surface area contributed by atoms with Gasteiger partial charge in [-0.3, -0.25) is 4.90 Å². The second-order valence-electron chi connectivity index (χ2n) is 13.4. The van der Waals surface area contributed by atoms with Crippen LogP contribution in [0.2, 0.25) is 0 Å². The molecular formula is C31H45NO4. The van der Waals surface area contributed by atoms with Crippen molar-refractivity contribution in [2.24, 2.45) is 17.3 Å². The average Bonchev–Trinajstić information content (AvgIpc) is 3.62. The summed E-state index contributed by atoms with van der Waals surface area (Å²) in [5, 5.41) is 12.2. The van der Waals surface area contributed by atoms with Crippen LogP contribution < -0.4 is 9.47 Å². The number of fused-ring (bicyclic) bond motifs is 2. The summed E-state index contributed by atoms with van der Waals surface area (Å²) in [6.07, 6.45) is 12.4. The molecule has 7 aliphatic rings. The third-order valence-electron chi connectivity index (χ3n) is 11.9. The highest BCUT2D eigenvalue weighted by molar-refractivity contribution is 5.63. The van der Waals surface area contributed by atoms with Crippen molar-refractivity contribution >= 4 is 0 Å². The molecule has 4 bridgehead atoms. The third-order valence-corrected chi connectivity index (χ3v) is 11.9. The number of aliphatic hydroxyl groups is 1. The van der Waals surface area contributed by atoms with Gasteiger partial charge in [0.15, 0.2) is 11.5 Å². The molecule has 7 atom stereocenters. The molecule has 2 heterocycles. The molecule has 36 heavy (non-hydrogen) atoms. The van der Waals surface area contributed by atoms with E-state index in [1.165, 1.54) is 49.8 Å². The van der Waals surface area contributed by atoms with Gasteiger partial charge >= 0.3 is 0 Å². The Morgan fingerprint density at radius 1 is 1.17 bits per heavy atom. The molecule has 5 fully saturated rings. The summed E-state index contributed by atoms with van der Waals surface area (Å²) in [4.78, 5) is 2.87. The Balaban J connectivity index is 1.40. The zero-order valence-electron chi connectivity index (χ0n) is 22.8. The highest BCUT2D eigenvalue weighted by Crippen LogP contribution is 2.77. The predicted molar refractivity (Wildman–Crippen MR) is 140 cm³/mol. The Bertz CT molecular complexity index is 1050. The van der Waals surface area contributed by atoms with E-state index in [-0.39, 0.29) is 22.9 Å². The summed E-state index contributed by atoms with van der Waals surface area (Å²) in [5.41, 5.74) is 1.75. The number of hydrogen-bond donors (Lipinski definition) is 1. The van der Waals surface area contributed by atoms with Gasteiger partial charge in [-0.15, -0.1) is 0 Å². The predicted octanol–water partition coefficient (Wildman–Crippen LogP) is 5.25. The first-order valence-corrected chi connectivity index (χ1v) is 14.8. The van der Waals surface area contributed by atoms with Crippen molar-refractivity contribution in [3.63, 3.8) is 0 Å². The minimum absolute atomic E-state index is 0.0422. The normalized spacial score (nSPS) is 41.5. The lowest BCUT2D eigenvalue weighted by atomic mass is 9.33. The van der Waals surface area contributed by atoms with E-state index >= 15 is 0 Å². The van der Waals surface area contributed by atoms with Gasteiger partial charge in [0, 0.05) is 42.0 Å². The third kappa shape index (κ3) is 2.78. The van der Waals surface area contributed by atoms with Crippen molar-refractivity contribution in [2.75, 3.05) is 27.3 Å². The number of likely N-dealkylation sites (tertiary alicyclic amines) is 1. The number of hydrogen-bond acceptors (Lipinski definition) is 5. The molecule has 0 radical (unpaired) electrons. The van der Waals surface area contributed by atoms with Gasteiger partial charge in [0.25, 0.3) is 0 Å². The van der Waals surface area contributed by atoms with Crippen LogP contribution in [0, 0.1) is 17.3 Å². The van der Waals surface area contributed by atoms with Crippen LogP contribution in [-0.2, 0) is 16.6 Å². The highest BCUT2D eigenvalue weighted by Gasteiger charge is 2.81. The van der Waals surface area contributed by atoms with Crippen LogP contribution >= 0.6 is 0 Å². The van der Waals surface area contributed by atoms with Crippen molar-refractivity contribution in [1.82, 2.24) is 4.90 Å². The van der Waals surface area contributed by atoms with Crippen molar-refractivity contribution in [2.45, 2.75) is 113 Å². The zero-order valence-corrected chi connectivity index (χ0v) is 22.8. The van der Waals surface area contributed by atoms with Crippen LogP contribution in [0.4, 0.5) is 0 Å². The Morgan fingerprint density at radius 2 is 2.00 bits per heavy atom. The van der Waals surface area contributed by atoms with Gasteiger partial charge in [-0.25, -0.2) is 0 Å². The summed E-state index contributed by atoms with van der Waals surface area (Å²) in [7, 11) is 3.65. The number of ether oxygens (including phenoxy) is 3. The second-order valence-corrected chi connectivity index (χ2v) is 13.4. The first-order chi connectivity index (χ1) is 17.4. The minimum Gasteiger partial charge on any atom is -0.493 e. The molecule has 1 saturated heterocycles. The largest absolute Gasteiger partial charge is 0.493 e. The van der Waals surface area contributed by atoms with E-state index in [0.717, 1.165) is 62.5 Å². The SMILES string of the molecule is CCCCC[C@@](C)(O)[C@H]1C[C@@]23CC[C@]1(OC)[C@@H]1Oc4c(OC)ccc5c4[C@@]12CCN(CC1CC1)[C@@H]3C5. The maximum atomic E-state index is 12.2. The molecule has 1 N–H and O–H groups in total. The van der Waals surface area contributed by atoms with Crippen molar-refractivity contribution in [3.05, 3.63) is 23.3 Å². The fraction of sp³-hybridized carbons (Fsp3) is 0.806. The van der Waals surface area contributed by atoms with Crippen LogP contribution in [-0.4, -0.2) is 60.7 Å². The molecule has 2 spiro atoms. The molecule has 1 aromatic rings. The molecule has 0 unspecified atom stereocenters. The highest BCUT2D eigenvalue weighted by atomic mass is 16.6. The molecule has 5 aliphatic carbocycles. The van der Waals surface area contributed by atoms with E-state index in [2.05, 4.69) is 30.9 Å². The van der Waals surface area contributed by atoms with Gasteiger partial charge < -0.3 is 19.3 Å². The van der Waals surface area contributed by atoms with E-state index in [9.17, 15) is 5.11 Å². The molecule has 0 amide bonds. The molecule has 1 aromatic carbocycles. The number of nitrogens with zero attached hydrogens (tertiary/aromatic N) is 1. The Kier molecular flexibility index (Phi) is 5.20. The van der Waals surface area contributed by atoms with Gasteiger partial charge in [0.2, 0.25) is 0 Å². The number of unbranched alkanes of at least 4 members (excludes halogenated alkanes) is 2. The van der Waals surface area contributed by atoms with Crippen molar-refractivity contribution in [1.29, 1.82) is 0 Å². The second kappa shape index (κ2) is 7.86. The number of benzene rings is 1. The molecule has 4 saturated carbocycles. The standard InChI is InChI=1S/C31H45NO4/c1-5-6-7-12-28(2,33)23-18-29-13-14-31(23,35-4)27-30(29)15-16-32(19-20-8-9-20)24(29)17-21-10-11-22(34-3)26(36-27)25(21)30/h10-11,20,23-24,27,33H,5-9,12-19H2,1-4H3/t23-,24-,27-,28-,29-,30+,31-/m1/s1. The van der Waals surface area contributed by atoms with Crippen LogP contribution in [0.15, 0.2) is 12.1 Å². The number of piperidine rings is 1. The fourth-order valence-corrected chi connectivity index (χ4v) is 10.2. The fourth-order valence-electron chi connectivity index (χ4n) is 10.2. The summed E-state index contributed by atoms with van der Waals surface area (Å²) < 4.78 is 19.7. The van der Waals surface area contributed by atoms with Gasteiger partial charge in [-0.1, -0.05) is 32.3 Å². The number of methoxy groups -OCH3 is 2. The lowest BCUT2D eigenvalue weighted by Gasteiger charge is -2.75. The summed E-state index contributed by atoms with van der Waals surface area (Å²) in [6.45, 7) is 6.74. The Hall–Kier alpha value is -1.30. The maximum Gasteiger partial charge on any atom is 0.165 e. The van der Waals surface area contributed by atoms with Gasteiger partial charge in [0.05, 0.1) is 12.7 Å². The Morgan fingerprint density at radius 3 is 2.72 bits per heavy atom. The van der Waals surface area contributed by atoms with Crippen LogP contribution in [0.25, 0.3) is 0 Å². The summed E-state index contributed by atoms with van der Waals surface area (Å²) in [5.74, 6) is 2.80. The molecule has 2 aliphatic heterocycles. The van der Waals surface area contributed by atoms with Crippen molar-refractivity contribution < 1.29 is 19.3 Å². The van der Waals surface area contributed by atoms with Crippen LogP contribution in [0.5, 0.6) is 11.5 Å². The van der Waals surface area contributed by atoms with Gasteiger partial charge in [-0.05, 0) is 82.4 Å². The van der Waals surface area contributed by atoms with Crippen LogP contribution in [0.1, 0.15) is 89.2 Å². The van der Waals surface area contributed by atoms with Gasteiger partial charge in [-0.2, -0.15) is 0 Å². The lowest BCUT2D eigenvalue weighted by molar-refractivity contribution is -0.303. The van der Waals surface area contributed by atoms with Crippen molar-refractivity contribution in [3.8, 4) is 11.5 Å². The monoisotopic (exact) mass is 495 g/mol. The van der Waals surface area contributed by atoms with E-state index < -0.39 is 11.2 Å². The molecule has 5 nitrogen and oxygen atoms in total. The van der Waals surface area contributed by atoms with Crippen LogP contribution in [0.3, 0.4) is 0 Å². The topological polar surface area (TPSA) is 51.2 Å². The first kappa shape index (κ1) is 23.8. The lowest BCUT2D eigenvalue weighted by Crippen LogP contribution is -2.82. The quantitative estimate of drug-likeness (QED) is 0.474. The molecule has 0 aromatic heterocycles. The average molecular weight is 496 g/mol. The molecule has 198 valence electrons. The molecule has 5 heteroatoms. The maximum absolute atomic E-state index is 12.2. The summed E-state index contributed by atoms with van der Waals surface area (Å²) >= 11 is 0.